The van der Waals surface area contributed by atoms with E-state index in [1.165, 1.54) is 6.07 Å². The van der Waals surface area contributed by atoms with E-state index < -0.39 is 11.6 Å². The summed E-state index contributed by atoms with van der Waals surface area (Å²) in [5, 5.41) is 3.08. The first-order valence-electron chi connectivity index (χ1n) is 7.39. The Hall–Kier alpha value is -1.49. The molecule has 0 spiro atoms. The van der Waals surface area contributed by atoms with Gasteiger partial charge in [-0.05, 0) is 43.4 Å². The molecule has 116 valence electrons. The Morgan fingerprint density at radius 1 is 1.24 bits per heavy atom. The molecule has 2 unspecified atom stereocenters. The van der Waals surface area contributed by atoms with Crippen LogP contribution in [0.5, 0.6) is 0 Å². The number of carbonyl (C=O) groups excluding carboxylic acids is 1. The lowest BCUT2D eigenvalue weighted by Gasteiger charge is -2.31. The second kappa shape index (κ2) is 6.52. The number of amides is 1. The van der Waals surface area contributed by atoms with Crippen molar-refractivity contribution in [1.29, 1.82) is 0 Å². The van der Waals surface area contributed by atoms with Crippen LogP contribution in [0, 0.1) is 17.6 Å². The molecular weight excluding hydrogens is 274 g/mol. The van der Waals surface area contributed by atoms with Crippen LogP contribution in [0.3, 0.4) is 0 Å². The average Bonchev–Trinajstić information content (AvgIpc) is 2.81. The minimum Gasteiger partial charge on any atom is -0.319 e. The van der Waals surface area contributed by atoms with Crippen molar-refractivity contribution in [3.05, 3.63) is 35.4 Å². The highest BCUT2D eigenvalue weighted by Gasteiger charge is 2.35. The van der Waals surface area contributed by atoms with Crippen molar-refractivity contribution in [3.63, 3.8) is 0 Å². The Morgan fingerprint density at radius 2 is 1.95 bits per heavy atom. The third kappa shape index (κ3) is 3.59. The van der Waals surface area contributed by atoms with Crippen molar-refractivity contribution in [2.75, 3.05) is 6.54 Å². The third-order valence-electron chi connectivity index (χ3n) is 3.91. The van der Waals surface area contributed by atoms with Crippen LogP contribution in [0.1, 0.15) is 45.3 Å². The fraction of sp³-hybridized carbons (Fsp3) is 0.562. The number of rotatable bonds is 5. The van der Waals surface area contributed by atoms with E-state index in [1.54, 1.807) is 4.90 Å². The Labute approximate surface area is 124 Å². The summed E-state index contributed by atoms with van der Waals surface area (Å²) >= 11 is 0. The number of hydrogen-bond donors (Lipinski definition) is 1. The zero-order valence-electron chi connectivity index (χ0n) is 12.7. The Morgan fingerprint density at radius 3 is 2.57 bits per heavy atom. The van der Waals surface area contributed by atoms with E-state index in [0.29, 0.717) is 11.5 Å². The first-order valence-corrected chi connectivity index (χ1v) is 7.39. The maximum absolute atomic E-state index is 13.4. The number of nitrogens with one attached hydrogen (secondary N) is 1. The summed E-state index contributed by atoms with van der Waals surface area (Å²) in [4.78, 5) is 13.8. The van der Waals surface area contributed by atoms with Crippen molar-refractivity contribution in [2.45, 2.75) is 45.8 Å². The van der Waals surface area contributed by atoms with E-state index in [-0.39, 0.29) is 24.7 Å². The van der Waals surface area contributed by atoms with Crippen molar-refractivity contribution >= 4 is 5.91 Å². The monoisotopic (exact) mass is 296 g/mol. The topological polar surface area (TPSA) is 32.3 Å². The maximum atomic E-state index is 13.4. The lowest BCUT2D eigenvalue weighted by Crippen LogP contribution is -2.38. The van der Waals surface area contributed by atoms with Crippen LogP contribution in [0.4, 0.5) is 8.78 Å². The largest absolute Gasteiger partial charge is 0.319 e. The fourth-order valence-electron chi connectivity index (χ4n) is 2.69. The summed E-state index contributed by atoms with van der Waals surface area (Å²) < 4.78 is 26.5. The van der Waals surface area contributed by atoms with E-state index in [4.69, 9.17) is 0 Å². The van der Waals surface area contributed by atoms with E-state index >= 15 is 0 Å². The van der Waals surface area contributed by atoms with Gasteiger partial charge in [-0.1, -0.05) is 19.9 Å². The minimum atomic E-state index is -0.886. The summed E-state index contributed by atoms with van der Waals surface area (Å²) in [5.41, 5.74) is 0.580. The second-order valence-electron chi connectivity index (χ2n) is 6.08. The smallest absolute Gasteiger partial charge is 0.238 e. The molecule has 0 saturated carbocycles. The quantitative estimate of drug-likeness (QED) is 0.905. The van der Waals surface area contributed by atoms with Crippen LogP contribution in [0.25, 0.3) is 0 Å². The van der Waals surface area contributed by atoms with Gasteiger partial charge in [0.05, 0.1) is 6.54 Å². The maximum Gasteiger partial charge on any atom is 0.238 e. The molecule has 1 aliphatic rings. The summed E-state index contributed by atoms with van der Waals surface area (Å²) in [5.74, 6) is -1.19. The van der Waals surface area contributed by atoms with E-state index in [0.717, 1.165) is 25.0 Å². The molecule has 0 radical (unpaired) electrons. The van der Waals surface area contributed by atoms with E-state index in [1.807, 2.05) is 6.92 Å². The number of carbonyl (C=O) groups is 1. The van der Waals surface area contributed by atoms with Crippen molar-refractivity contribution in [2.24, 2.45) is 5.92 Å². The van der Waals surface area contributed by atoms with Gasteiger partial charge in [-0.2, -0.15) is 0 Å². The van der Waals surface area contributed by atoms with Gasteiger partial charge in [0.15, 0.2) is 11.6 Å². The lowest BCUT2D eigenvalue weighted by molar-refractivity contribution is -0.130. The van der Waals surface area contributed by atoms with Gasteiger partial charge >= 0.3 is 0 Å². The molecule has 1 N–H and O–H groups in total. The molecule has 5 heteroatoms. The molecule has 1 amide bonds. The van der Waals surface area contributed by atoms with Crippen molar-refractivity contribution < 1.29 is 13.6 Å². The van der Waals surface area contributed by atoms with E-state index in [2.05, 4.69) is 19.2 Å². The van der Waals surface area contributed by atoms with Gasteiger partial charge in [0.25, 0.3) is 0 Å². The zero-order chi connectivity index (χ0) is 15.6. The van der Waals surface area contributed by atoms with Crippen molar-refractivity contribution in [1.82, 2.24) is 10.2 Å². The molecule has 0 aromatic heterocycles. The van der Waals surface area contributed by atoms with Gasteiger partial charge in [0.1, 0.15) is 6.17 Å². The zero-order valence-corrected chi connectivity index (χ0v) is 12.7. The summed E-state index contributed by atoms with van der Waals surface area (Å²) in [6.45, 7) is 6.52. The van der Waals surface area contributed by atoms with Gasteiger partial charge < -0.3 is 4.90 Å². The molecule has 1 aliphatic heterocycles. The molecule has 1 fully saturated rings. The Bertz CT molecular complexity index is 519. The normalized spacial score (nSPS) is 20.4. The molecule has 0 bridgehead atoms. The van der Waals surface area contributed by atoms with Crippen LogP contribution in [-0.4, -0.2) is 23.4 Å². The molecule has 1 aromatic carbocycles. The van der Waals surface area contributed by atoms with Crippen LogP contribution in [0.15, 0.2) is 18.2 Å². The van der Waals surface area contributed by atoms with Gasteiger partial charge in [0, 0.05) is 6.04 Å². The number of hydrogen-bond acceptors (Lipinski definition) is 2. The van der Waals surface area contributed by atoms with Gasteiger partial charge in [0.2, 0.25) is 5.91 Å². The molecule has 3 nitrogen and oxygen atoms in total. The SMILES string of the molecule is CC(C)CCC(C)N1C(=O)CNC1c1ccc(F)c(F)c1. The highest BCUT2D eigenvalue weighted by atomic mass is 19.2. The van der Waals surface area contributed by atoms with Crippen LogP contribution >= 0.6 is 0 Å². The third-order valence-corrected chi connectivity index (χ3v) is 3.91. The summed E-state index contributed by atoms with van der Waals surface area (Å²) in [7, 11) is 0. The molecular formula is C16H22F2N2O. The first-order chi connectivity index (χ1) is 9.90. The standard InChI is InChI=1S/C16H22F2N2O/c1-10(2)4-5-11(3)20-15(21)9-19-16(20)12-6-7-13(17)14(18)8-12/h6-8,10-11,16,19H,4-5,9H2,1-3H3. The second-order valence-corrected chi connectivity index (χ2v) is 6.08. The van der Waals surface area contributed by atoms with Crippen LogP contribution in [-0.2, 0) is 4.79 Å². The highest BCUT2D eigenvalue weighted by molar-refractivity contribution is 5.81. The molecule has 0 aliphatic carbocycles. The summed E-state index contributed by atoms with van der Waals surface area (Å²) in [6, 6.07) is 3.85. The van der Waals surface area contributed by atoms with E-state index in [9.17, 15) is 13.6 Å². The lowest BCUT2D eigenvalue weighted by atomic mass is 10.0. The Balaban J connectivity index is 2.17. The first kappa shape index (κ1) is 15.9. The number of nitrogens with zero attached hydrogens (tertiary/aromatic N) is 1. The predicted octanol–water partition coefficient (Wildman–Crippen LogP) is 3.22. The average molecular weight is 296 g/mol. The Kier molecular flexibility index (Phi) is 4.93. The summed E-state index contributed by atoms with van der Waals surface area (Å²) in [6.07, 6.45) is 1.54. The predicted molar refractivity (Wildman–Crippen MR) is 77.5 cm³/mol. The molecule has 21 heavy (non-hydrogen) atoms. The van der Waals surface area contributed by atoms with Gasteiger partial charge in [-0.3, -0.25) is 10.1 Å². The van der Waals surface area contributed by atoms with Crippen molar-refractivity contribution in [3.8, 4) is 0 Å². The fourth-order valence-corrected chi connectivity index (χ4v) is 2.69. The number of benzene rings is 1. The minimum absolute atomic E-state index is 0.000916. The van der Waals surface area contributed by atoms with Gasteiger partial charge in [-0.15, -0.1) is 0 Å². The molecule has 1 saturated heterocycles. The highest BCUT2D eigenvalue weighted by Crippen LogP contribution is 2.28. The van der Waals surface area contributed by atoms with Gasteiger partial charge in [-0.25, -0.2) is 8.78 Å². The number of halogens is 2. The molecule has 1 heterocycles. The van der Waals surface area contributed by atoms with Crippen LogP contribution in [0.2, 0.25) is 0 Å². The molecule has 2 atom stereocenters. The molecule has 1 aromatic rings. The molecule has 2 rings (SSSR count). The van der Waals surface area contributed by atoms with Crippen LogP contribution < -0.4 is 5.32 Å².